The minimum Gasteiger partial charge on any atom is -0.272 e. The zero-order valence-electron chi connectivity index (χ0n) is 17.3. The Morgan fingerprint density at radius 2 is 1.71 bits per heavy atom. The highest BCUT2D eigenvalue weighted by molar-refractivity contribution is 6.42. The third-order valence-electron chi connectivity index (χ3n) is 5.02. The molecule has 31 heavy (non-hydrogen) atoms. The third-order valence-corrected chi connectivity index (χ3v) is 5.76. The van der Waals surface area contributed by atoms with Crippen LogP contribution in [0.5, 0.6) is 0 Å². The molecule has 0 fully saturated rings. The van der Waals surface area contributed by atoms with Gasteiger partial charge in [0, 0.05) is 11.9 Å². The van der Waals surface area contributed by atoms with Crippen molar-refractivity contribution in [2.24, 2.45) is 0 Å². The van der Waals surface area contributed by atoms with Gasteiger partial charge in [0.1, 0.15) is 0 Å². The summed E-state index contributed by atoms with van der Waals surface area (Å²) in [4.78, 5) is 38.2. The number of halogens is 2. The Morgan fingerprint density at radius 3 is 2.35 bits per heavy atom. The Balaban J connectivity index is 1.85. The van der Waals surface area contributed by atoms with Gasteiger partial charge in [0.05, 0.1) is 20.8 Å². The summed E-state index contributed by atoms with van der Waals surface area (Å²) in [6.07, 6.45) is 0.681. The van der Waals surface area contributed by atoms with Gasteiger partial charge >= 0.3 is 0 Å². The summed E-state index contributed by atoms with van der Waals surface area (Å²) in [6, 6.07) is 11.7. The molecule has 2 N–H and O–H groups in total. The number of amides is 2. The van der Waals surface area contributed by atoms with Crippen molar-refractivity contribution in [3.05, 3.63) is 74.1 Å². The summed E-state index contributed by atoms with van der Waals surface area (Å²) in [5.41, 5.74) is 4.27. The largest absolute Gasteiger partial charge is 0.290 e. The topological polar surface area (TPSA) is 93.1 Å². The predicted molar refractivity (Wildman–Crippen MR) is 121 cm³/mol. The fourth-order valence-electron chi connectivity index (χ4n) is 3.11. The Bertz CT molecular complexity index is 1220. The number of carbonyl (C=O) groups excluding carboxylic acids is 2. The number of nitrogens with zero attached hydrogens (tertiary/aromatic N) is 2. The van der Waals surface area contributed by atoms with Crippen LogP contribution in [0.2, 0.25) is 10.0 Å². The zero-order chi connectivity index (χ0) is 22.8. The van der Waals surface area contributed by atoms with Gasteiger partial charge in [-0.25, -0.2) is 4.68 Å². The Kier molecular flexibility index (Phi) is 6.67. The normalized spacial score (nSPS) is 11.4. The number of benzene rings is 2. The molecule has 162 valence electrons. The van der Waals surface area contributed by atoms with E-state index in [0.29, 0.717) is 39.3 Å². The molecule has 0 unspecified atom stereocenters. The highest BCUT2D eigenvalue weighted by atomic mass is 35.5. The summed E-state index contributed by atoms with van der Waals surface area (Å²) in [7, 11) is 0. The lowest BCUT2D eigenvalue weighted by atomic mass is 9.84. The number of rotatable bonds is 5. The first kappa shape index (κ1) is 22.8. The van der Waals surface area contributed by atoms with E-state index in [1.54, 1.807) is 56.3 Å². The molecule has 0 bridgehead atoms. The molecule has 7 nitrogen and oxygen atoms in total. The first-order valence-electron chi connectivity index (χ1n) is 9.73. The molecule has 0 spiro atoms. The van der Waals surface area contributed by atoms with E-state index in [0.717, 1.165) is 0 Å². The fraction of sp³-hybridized carbons (Fsp3) is 0.273. The quantitative estimate of drug-likeness (QED) is 0.565. The lowest BCUT2D eigenvalue weighted by Crippen LogP contribution is -2.49. The first-order valence-corrected chi connectivity index (χ1v) is 10.5. The standard InChI is InChI=1S/C22H22Cl2N4O3/c1-4-11-28-20(30)15-8-6-5-7-14(15)18(27-28)19(29)25-26-21(31)22(2,3)13-9-10-16(23)17(24)12-13/h5-10,12H,4,11H2,1-3H3,(H,25,29)(H,26,31). The molecular weight excluding hydrogens is 439 g/mol. The number of aryl methyl sites for hydroxylation is 1. The van der Waals surface area contributed by atoms with E-state index in [1.807, 2.05) is 6.92 Å². The van der Waals surface area contributed by atoms with Gasteiger partial charge in [0.15, 0.2) is 5.69 Å². The van der Waals surface area contributed by atoms with E-state index >= 15 is 0 Å². The summed E-state index contributed by atoms with van der Waals surface area (Å²) >= 11 is 12.0. The molecular formula is C22H22Cl2N4O3. The van der Waals surface area contributed by atoms with Crippen molar-refractivity contribution in [2.45, 2.75) is 39.2 Å². The molecule has 3 aromatic rings. The van der Waals surface area contributed by atoms with Crippen LogP contribution in [0.25, 0.3) is 10.8 Å². The Labute approximate surface area is 189 Å². The molecule has 9 heteroatoms. The maximum absolute atomic E-state index is 12.9. The summed E-state index contributed by atoms with van der Waals surface area (Å²) in [5, 5.41) is 5.73. The highest BCUT2D eigenvalue weighted by Crippen LogP contribution is 2.30. The Hall–Kier alpha value is -2.90. The van der Waals surface area contributed by atoms with Crippen molar-refractivity contribution in [3.63, 3.8) is 0 Å². The van der Waals surface area contributed by atoms with Crippen LogP contribution < -0.4 is 16.4 Å². The smallest absolute Gasteiger partial charge is 0.272 e. The number of hydrazine groups is 1. The minimum atomic E-state index is -1.00. The number of hydrogen-bond acceptors (Lipinski definition) is 4. The molecule has 0 aliphatic carbocycles. The molecule has 2 amide bonds. The molecule has 1 heterocycles. The molecule has 0 radical (unpaired) electrons. The van der Waals surface area contributed by atoms with Gasteiger partial charge in [0.2, 0.25) is 5.91 Å². The molecule has 0 aliphatic rings. The summed E-state index contributed by atoms with van der Waals surface area (Å²) in [5.74, 6) is -1.08. The Morgan fingerprint density at radius 1 is 1.03 bits per heavy atom. The molecule has 0 saturated carbocycles. The number of nitrogens with one attached hydrogen (secondary N) is 2. The van der Waals surface area contributed by atoms with E-state index < -0.39 is 17.2 Å². The molecule has 0 aliphatic heterocycles. The molecule has 0 saturated heterocycles. The number of fused-ring (bicyclic) bond motifs is 1. The molecule has 1 aromatic heterocycles. The van der Waals surface area contributed by atoms with Crippen molar-refractivity contribution < 1.29 is 9.59 Å². The average molecular weight is 461 g/mol. The predicted octanol–water partition coefficient (Wildman–Crippen LogP) is 3.85. The summed E-state index contributed by atoms with van der Waals surface area (Å²) < 4.78 is 1.26. The number of carbonyl (C=O) groups is 2. The molecule has 0 atom stereocenters. The lowest BCUT2D eigenvalue weighted by molar-refractivity contribution is -0.126. The second-order valence-electron chi connectivity index (χ2n) is 7.58. The van der Waals surface area contributed by atoms with Crippen molar-refractivity contribution >= 4 is 45.8 Å². The van der Waals surface area contributed by atoms with Crippen LogP contribution >= 0.6 is 23.2 Å². The minimum absolute atomic E-state index is 0.0521. The monoisotopic (exact) mass is 460 g/mol. The van der Waals surface area contributed by atoms with Crippen LogP contribution in [0.1, 0.15) is 43.2 Å². The molecule has 2 aromatic carbocycles. The van der Waals surface area contributed by atoms with Crippen LogP contribution in [0.4, 0.5) is 0 Å². The van der Waals surface area contributed by atoms with Crippen molar-refractivity contribution in [1.82, 2.24) is 20.6 Å². The molecule has 3 rings (SSSR count). The zero-order valence-corrected chi connectivity index (χ0v) is 18.8. The van der Waals surface area contributed by atoms with Crippen LogP contribution in [-0.4, -0.2) is 21.6 Å². The van der Waals surface area contributed by atoms with Crippen LogP contribution in [-0.2, 0) is 16.8 Å². The van der Waals surface area contributed by atoms with Gasteiger partial charge < -0.3 is 0 Å². The maximum atomic E-state index is 12.9. The van der Waals surface area contributed by atoms with Crippen molar-refractivity contribution in [2.75, 3.05) is 0 Å². The summed E-state index contributed by atoms with van der Waals surface area (Å²) in [6.45, 7) is 5.68. The first-order chi connectivity index (χ1) is 14.7. The SMILES string of the molecule is CCCn1nc(C(=O)NNC(=O)C(C)(C)c2ccc(Cl)c(Cl)c2)c2ccccc2c1=O. The van der Waals surface area contributed by atoms with Crippen LogP contribution in [0.3, 0.4) is 0 Å². The van der Waals surface area contributed by atoms with E-state index in [1.165, 1.54) is 4.68 Å². The van der Waals surface area contributed by atoms with Crippen molar-refractivity contribution in [1.29, 1.82) is 0 Å². The lowest BCUT2D eigenvalue weighted by Gasteiger charge is -2.24. The van der Waals surface area contributed by atoms with E-state index in [9.17, 15) is 14.4 Å². The van der Waals surface area contributed by atoms with E-state index in [4.69, 9.17) is 23.2 Å². The third kappa shape index (κ3) is 4.57. The van der Waals surface area contributed by atoms with Gasteiger partial charge in [-0.1, -0.05) is 54.4 Å². The second-order valence-corrected chi connectivity index (χ2v) is 8.40. The number of aromatic nitrogens is 2. The number of hydrogen-bond donors (Lipinski definition) is 2. The van der Waals surface area contributed by atoms with Gasteiger partial charge in [-0.3, -0.25) is 25.2 Å². The van der Waals surface area contributed by atoms with E-state index in [-0.39, 0.29) is 11.3 Å². The van der Waals surface area contributed by atoms with Gasteiger partial charge in [-0.2, -0.15) is 5.10 Å². The van der Waals surface area contributed by atoms with Gasteiger partial charge in [-0.05, 0) is 44.0 Å². The van der Waals surface area contributed by atoms with E-state index in [2.05, 4.69) is 16.0 Å². The second kappa shape index (κ2) is 9.08. The highest BCUT2D eigenvalue weighted by Gasteiger charge is 2.31. The average Bonchev–Trinajstić information content (AvgIpc) is 2.75. The van der Waals surface area contributed by atoms with Crippen LogP contribution in [0.15, 0.2) is 47.3 Å². The van der Waals surface area contributed by atoms with Crippen LogP contribution in [0, 0.1) is 0 Å². The van der Waals surface area contributed by atoms with Gasteiger partial charge in [0.25, 0.3) is 11.5 Å². The maximum Gasteiger partial charge on any atom is 0.290 e. The van der Waals surface area contributed by atoms with Crippen molar-refractivity contribution in [3.8, 4) is 0 Å². The fourth-order valence-corrected chi connectivity index (χ4v) is 3.41. The van der Waals surface area contributed by atoms with Gasteiger partial charge in [-0.15, -0.1) is 0 Å².